The molecule has 0 radical (unpaired) electrons. The summed E-state index contributed by atoms with van der Waals surface area (Å²) < 4.78 is 21.8. The molecule has 10 heteroatoms. The van der Waals surface area contributed by atoms with Crippen LogP contribution in [0.4, 0.5) is 0 Å². The van der Waals surface area contributed by atoms with Crippen molar-refractivity contribution in [2.24, 2.45) is 0 Å². The molecule has 9 nitrogen and oxygen atoms in total. The molecule has 1 aliphatic heterocycles. The maximum atomic E-state index is 11.8. The van der Waals surface area contributed by atoms with E-state index in [2.05, 4.69) is 4.98 Å². The summed E-state index contributed by atoms with van der Waals surface area (Å²) in [5.74, 6) is -1.60. The third-order valence-electron chi connectivity index (χ3n) is 3.71. The van der Waals surface area contributed by atoms with Gasteiger partial charge in [0.05, 0.1) is 11.8 Å². The summed E-state index contributed by atoms with van der Waals surface area (Å²) in [4.78, 5) is 50.4. The van der Waals surface area contributed by atoms with Crippen molar-refractivity contribution >= 4 is 35.5 Å². The second-order valence-corrected chi connectivity index (χ2v) is 7.17. The zero-order valence-corrected chi connectivity index (χ0v) is 16.7. The molecule has 0 saturated carbocycles. The predicted molar refractivity (Wildman–Crippen MR) is 97.8 cm³/mol. The molecule has 152 valence electrons. The summed E-state index contributed by atoms with van der Waals surface area (Å²) in [6, 6.07) is 1.51. The number of carbonyl (C=O) groups excluding carboxylic acids is 4. The van der Waals surface area contributed by atoms with E-state index in [1.807, 2.05) is 0 Å². The minimum absolute atomic E-state index is 0.206. The van der Waals surface area contributed by atoms with Crippen LogP contribution >= 0.6 is 11.8 Å². The van der Waals surface area contributed by atoms with E-state index in [-0.39, 0.29) is 17.3 Å². The van der Waals surface area contributed by atoms with E-state index in [4.69, 9.17) is 18.9 Å². The van der Waals surface area contributed by atoms with Gasteiger partial charge in [-0.15, -0.1) is 11.8 Å². The van der Waals surface area contributed by atoms with Crippen molar-refractivity contribution in [3.05, 3.63) is 24.0 Å². The lowest BCUT2D eigenvalue weighted by Crippen LogP contribution is -2.55. The Bertz CT molecular complexity index is 768. The number of pyridine rings is 1. The Labute approximate surface area is 166 Å². The number of esters is 3. The highest BCUT2D eigenvalue weighted by Crippen LogP contribution is 2.35. The van der Waals surface area contributed by atoms with Crippen LogP contribution in [0.3, 0.4) is 0 Å². The van der Waals surface area contributed by atoms with Gasteiger partial charge in [-0.25, -0.2) is 0 Å². The van der Waals surface area contributed by atoms with Gasteiger partial charge >= 0.3 is 17.9 Å². The summed E-state index contributed by atoms with van der Waals surface area (Å²) >= 11 is 1.20. The molecule has 0 aliphatic carbocycles. The molecule has 2 heterocycles. The third kappa shape index (κ3) is 5.69. The fourth-order valence-electron chi connectivity index (χ4n) is 2.70. The molecule has 1 fully saturated rings. The molecule has 4 atom stereocenters. The number of carbonyl (C=O) groups is 4. The molecule has 28 heavy (non-hydrogen) atoms. The lowest BCUT2D eigenvalue weighted by atomic mass is 10.1. The number of hydrogen-bond acceptors (Lipinski definition) is 10. The topological polar surface area (TPSA) is 118 Å². The van der Waals surface area contributed by atoms with E-state index < -0.39 is 41.7 Å². The molecule has 1 aliphatic rings. The smallest absolute Gasteiger partial charge is 0.303 e. The SMILES string of the molecule is CC(=O)O[C@H]1[C@H](OC(C)=O)CSC(Oc2cnccc2C(C)=O)[C@@H]1OC(C)=O. The molecule has 0 bridgehead atoms. The Hall–Kier alpha value is -2.62. The molecule has 0 amide bonds. The number of nitrogens with zero attached hydrogens (tertiary/aromatic N) is 1. The number of hydrogen-bond donors (Lipinski definition) is 0. The van der Waals surface area contributed by atoms with Gasteiger partial charge in [-0.2, -0.15) is 0 Å². The minimum Gasteiger partial charge on any atom is -0.473 e. The van der Waals surface area contributed by atoms with Gasteiger partial charge in [0.25, 0.3) is 0 Å². The zero-order chi connectivity index (χ0) is 20.8. The van der Waals surface area contributed by atoms with Crippen LogP contribution in [-0.2, 0) is 28.6 Å². The van der Waals surface area contributed by atoms with Crippen molar-refractivity contribution in [1.82, 2.24) is 4.98 Å². The van der Waals surface area contributed by atoms with Crippen molar-refractivity contribution in [2.75, 3.05) is 5.75 Å². The van der Waals surface area contributed by atoms with Crippen LogP contribution in [0, 0.1) is 0 Å². The molecule has 1 aromatic heterocycles. The summed E-state index contributed by atoms with van der Waals surface area (Å²) in [5, 5.41) is 0. The van der Waals surface area contributed by atoms with Crippen LogP contribution in [0.15, 0.2) is 18.5 Å². The zero-order valence-electron chi connectivity index (χ0n) is 15.9. The number of Topliss-reactive ketones (excluding diaryl/α,β-unsaturated/α-hetero) is 1. The van der Waals surface area contributed by atoms with Crippen molar-refractivity contribution in [3.8, 4) is 5.75 Å². The number of rotatable bonds is 6. The lowest BCUT2D eigenvalue weighted by Gasteiger charge is -2.40. The second-order valence-electron chi connectivity index (χ2n) is 6.04. The highest BCUT2D eigenvalue weighted by molar-refractivity contribution is 7.99. The Morgan fingerprint density at radius 1 is 0.964 bits per heavy atom. The fourth-order valence-corrected chi connectivity index (χ4v) is 3.91. The van der Waals surface area contributed by atoms with Gasteiger partial charge in [-0.3, -0.25) is 24.2 Å². The Kier molecular flexibility index (Phi) is 7.38. The normalized spacial score (nSPS) is 24.0. The van der Waals surface area contributed by atoms with Gasteiger partial charge < -0.3 is 18.9 Å². The molecule has 0 aromatic carbocycles. The maximum absolute atomic E-state index is 11.8. The highest BCUT2D eigenvalue weighted by Gasteiger charge is 2.47. The van der Waals surface area contributed by atoms with E-state index in [1.165, 1.54) is 57.9 Å². The summed E-state index contributed by atoms with van der Waals surface area (Å²) in [7, 11) is 0. The molecule has 0 spiro atoms. The number of ketones is 1. The lowest BCUT2D eigenvalue weighted by molar-refractivity contribution is -0.186. The molecular formula is C18H21NO8S. The molecule has 0 N–H and O–H groups in total. The van der Waals surface area contributed by atoms with Crippen molar-refractivity contribution in [1.29, 1.82) is 0 Å². The monoisotopic (exact) mass is 411 g/mol. The molecule has 1 unspecified atom stereocenters. The van der Waals surface area contributed by atoms with Crippen LogP contribution in [0.25, 0.3) is 0 Å². The number of ether oxygens (including phenoxy) is 4. The molecule has 2 rings (SSSR count). The van der Waals surface area contributed by atoms with Crippen LogP contribution in [-0.4, -0.2) is 58.2 Å². The summed E-state index contributed by atoms with van der Waals surface area (Å²) in [6.45, 7) is 5.02. The van der Waals surface area contributed by atoms with Crippen molar-refractivity contribution in [3.63, 3.8) is 0 Å². The molecule has 1 aromatic rings. The fraction of sp³-hybridized carbons (Fsp3) is 0.500. The Morgan fingerprint density at radius 2 is 1.57 bits per heavy atom. The van der Waals surface area contributed by atoms with E-state index in [1.54, 1.807) is 0 Å². The van der Waals surface area contributed by atoms with Gasteiger partial charge in [-0.1, -0.05) is 0 Å². The quantitative estimate of drug-likeness (QED) is 0.387. The van der Waals surface area contributed by atoms with Crippen molar-refractivity contribution in [2.45, 2.75) is 51.4 Å². The van der Waals surface area contributed by atoms with E-state index in [9.17, 15) is 19.2 Å². The first kappa shape index (κ1) is 21.7. The van der Waals surface area contributed by atoms with Gasteiger partial charge in [0.15, 0.2) is 29.5 Å². The minimum atomic E-state index is -1.07. The highest BCUT2D eigenvalue weighted by atomic mass is 32.2. The van der Waals surface area contributed by atoms with Crippen LogP contribution < -0.4 is 4.74 Å². The standard InChI is InChI=1S/C18H21NO8S/c1-9(20)13-5-6-19-7-14(13)27-18-17(26-12(4)23)16(25-11(3)22)15(8-28-18)24-10(2)21/h5-7,15-18H,8H2,1-4H3/t15-,16+,17-,18?/m1/s1. The largest absolute Gasteiger partial charge is 0.473 e. The number of thioether (sulfide) groups is 1. The summed E-state index contributed by atoms with van der Waals surface area (Å²) in [5.41, 5.74) is -0.509. The van der Waals surface area contributed by atoms with Crippen LogP contribution in [0.5, 0.6) is 5.75 Å². The maximum Gasteiger partial charge on any atom is 0.303 e. The molecular weight excluding hydrogens is 390 g/mol. The van der Waals surface area contributed by atoms with Crippen LogP contribution in [0.2, 0.25) is 0 Å². The van der Waals surface area contributed by atoms with Crippen LogP contribution in [0.1, 0.15) is 38.1 Å². The first-order valence-corrected chi connectivity index (χ1v) is 9.48. The second kappa shape index (κ2) is 9.54. The van der Waals surface area contributed by atoms with Crippen molar-refractivity contribution < 1.29 is 38.1 Å². The van der Waals surface area contributed by atoms with Gasteiger partial charge in [0, 0.05) is 32.7 Å². The Morgan fingerprint density at radius 3 is 2.14 bits per heavy atom. The van der Waals surface area contributed by atoms with E-state index >= 15 is 0 Å². The van der Waals surface area contributed by atoms with E-state index in [0.29, 0.717) is 5.56 Å². The predicted octanol–water partition coefficient (Wildman–Crippen LogP) is 1.53. The Balaban J connectivity index is 2.34. The molecule has 1 saturated heterocycles. The number of aromatic nitrogens is 1. The van der Waals surface area contributed by atoms with Gasteiger partial charge in [-0.05, 0) is 13.0 Å². The van der Waals surface area contributed by atoms with Gasteiger partial charge in [0.1, 0.15) is 5.75 Å². The first-order valence-electron chi connectivity index (χ1n) is 8.44. The first-order chi connectivity index (χ1) is 13.2. The van der Waals surface area contributed by atoms with E-state index in [0.717, 1.165) is 0 Å². The average molecular weight is 411 g/mol. The third-order valence-corrected chi connectivity index (χ3v) is 4.93. The summed E-state index contributed by atoms with van der Waals surface area (Å²) in [6.07, 6.45) is -0.115. The van der Waals surface area contributed by atoms with Gasteiger partial charge in [0.2, 0.25) is 0 Å². The average Bonchev–Trinajstić information content (AvgIpc) is 2.59.